The molecule has 5 nitrogen and oxygen atoms in total. The third kappa shape index (κ3) is 6.09. The molecule has 2 N–H and O–H groups in total. The van der Waals surface area contributed by atoms with E-state index in [1.165, 1.54) is 13.3 Å². The highest BCUT2D eigenvalue weighted by molar-refractivity contribution is 5.85. The number of nitrogens with zero attached hydrogens (tertiary/aromatic N) is 2. The van der Waals surface area contributed by atoms with Crippen LogP contribution in [0.15, 0.2) is 36.5 Å². The van der Waals surface area contributed by atoms with Gasteiger partial charge in [0.15, 0.2) is 0 Å². The number of benzene rings is 2. The first kappa shape index (κ1) is 27.8. The maximum absolute atomic E-state index is 13.8. The van der Waals surface area contributed by atoms with Crippen LogP contribution in [0, 0.1) is 34.7 Å². The molecule has 1 fully saturated rings. The molecule has 4 rings (SSSR count). The van der Waals surface area contributed by atoms with Gasteiger partial charge in [0, 0.05) is 35.9 Å². The average Bonchev–Trinajstić information content (AvgIpc) is 2.92. The molecule has 2 heterocycles. The number of pyridine rings is 1. The zero-order chi connectivity index (χ0) is 27.3. The van der Waals surface area contributed by atoms with E-state index in [1.54, 1.807) is 18.2 Å². The molecule has 0 aliphatic carbocycles. The standard InChI is InChI=1S/C29H30F4N2O3/c1-38-21-4-5-26-23(15-21)28(19(16-30)17-34-26)27(37)6-7-29(18-36)8-11-35(12-9-29)10-2-3-22-24(32)13-20(31)14-25(22)33/h4-5,13-15,17,27,36-37H,6-12,16,18H2,1H3/t27-/m1/s1. The largest absolute Gasteiger partial charge is 0.497 e. The van der Waals surface area contributed by atoms with Gasteiger partial charge in [-0.3, -0.25) is 9.88 Å². The first-order valence-electron chi connectivity index (χ1n) is 12.5. The number of likely N-dealkylation sites (tertiary alicyclic amines) is 1. The molecule has 0 bridgehead atoms. The fraction of sp³-hybridized carbons (Fsp3) is 0.414. The van der Waals surface area contributed by atoms with Crippen LogP contribution in [0.1, 0.15) is 48.5 Å². The molecule has 0 spiro atoms. The van der Waals surface area contributed by atoms with Crippen molar-refractivity contribution >= 4 is 10.9 Å². The Morgan fingerprint density at radius 3 is 2.47 bits per heavy atom. The normalized spacial score (nSPS) is 16.2. The SMILES string of the molecule is COc1ccc2ncc(CF)c([C@H](O)CCC3(CO)CCN(CC#Cc4c(F)cc(F)cc4F)CC3)c2c1. The second-order valence-electron chi connectivity index (χ2n) is 9.75. The summed E-state index contributed by atoms with van der Waals surface area (Å²) in [5, 5.41) is 22.0. The molecule has 1 saturated heterocycles. The Hall–Kier alpha value is -3.19. The van der Waals surface area contributed by atoms with Gasteiger partial charge in [-0.25, -0.2) is 17.6 Å². The Balaban J connectivity index is 1.40. The molecule has 1 aromatic heterocycles. The van der Waals surface area contributed by atoms with E-state index in [-0.39, 0.29) is 13.2 Å². The third-order valence-corrected chi connectivity index (χ3v) is 7.40. The first-order valence-corrected chi connectivity index (χ1v) is 12.5. The Kier molecular flexibility index (Phi) is 8.87. The van der Waals surface area contributed by atoms with Gasteiger partial charge in [-0.2, -0.15) is 0 Å². The lowest BCUT2D eigenvalue weighted by atomic mass is 9.74. The Bertz CT molecular complexity index is 1320. The molecule has 0 amide bonds. The zero-order valence-corrected chi connectivity index (χ0v) is 21.1. The van der Waals surface area contributed by atoms with E-state index < -0.39 is 41.2 Å². The Morgan fingerprint density at radius 1 is 1.13 bits per heavy atom. The number of aliphatic hydroxyl groups excluding tert-OH is 2. The smallest absolute Gasteiger partial charge is 0.144 e. The predicted molar refractivity (Wildman–Crippen MR) is 136 cm³/mol. The summed E-state index contributed by atoms with van der Waals surface area (Å²) in [4.78, 5) is 6.31. The molecule has 9 heteroatoms. The Morgan fingerprint density at radius 2 is 1.84 bits per heavy atom. The molecule has 2 aromatic carbocycles. The van der Waals surface area contributed by atoms with Crippen molar-refractivity contribution in [1.29, 1.82) is 0 Å². The van der Waals surface area contributed by atoms with Gasteiger partial charge in [0.05, 0.1) is 30.8 Å². The van der Waals surface area contributed by atoms with Crippen LogP contribution < -0.4 is 4.74 Å². The predicted octanol–water partition coefficient (Wildman–Crippen LogP) is 5.07. The highest BCUT2D eigenvalue weighted by atomic mass is 19.1. The highest BCUT2D eigenvalue weighted by Gasteiger charge is 2.34. The van der Waals surface area contributed by atoms with Crippen molar-refractivity contribution in [3.63, 3.8) is 0 Å². The Labute approximate surface area is 219 Å². The zero-order valence-electron chi connectivity index (χ0n) is 21.1. The van der Waals surface area contributed by atoms with Gasteiger partial charge in [0.25, 0.3) is 0 Å². The van der Waals surface area contributed by atoms with Crippen LogP contribution in [0.2, 0.25) is 0 Å². The molecular formula is C29H30F4N2O3. The maximum Gasteiger partial charge on any atom is 0.144 e. The van der Waals surface area contributed by atoms with Gasteiger partial charge in [-0.05, 0) is 68.0 Å². The number of methoxy groups -OCH3 is 1. The van der Waals surface area contributed by atoms with Gasteiger partial charge in [0.1, 0.15) is 29.9 Å². The number of hydrogen-bond acceptors (Lipinski definition) is 5. The molecular weight excluding hydrogens is 500 g/mol. The first-order chi connectivity index (χ1) is 18.3. The monoisotopic (exact) mass is 530 g/mol. The lowest BCUT2D eigenvalue weighted by molar-refractivity contribution is 0.0272. The van der Waals surface area contributed by atoms with E-state index in [0.717, 1.165) is 0 Å². The lowest BCUT2D eigenvalue weighted by Crippen LogP contribution is -2.42. The van der Waals surface area contributed by atoms with E-state index in [0.29, 0.717) is 78.7 Å². The van der Waals surface area contributed by atoms with Crippen molar-refractivity contribution < 1.29 is 32.5 Å². The summed E-state index contributed by atoms with van der Waals surface area (Å²) < 4.78 is 59.8. The van der Waals surface area contributed by atoms with E-state index >= 15 is 0 Å². The minimum atomic E-state index is -1.04. The molecule has 38 heavy (non-hydrogen) atoms. The molecule has 1 aliphatic heterocycles. The maximum atomic E-state index is 13.8. The summed E-state index contributed by atoms with van der Waals surface area (Å²) in [6, 6.07) is 6.45. The van der Waals surface area contributed by atoms with E-state index in [1.807, 2.05) is 4.90 Å². The van der Waals surface area contributed by atoms with E-state index in [4.69, 9.17) is 4.74 Å². The summed E-state index contributed by atoms with van der Waals surface area (Å²) in [7, 11) is 1.53. The number of aliphatic hydroxyl groups is 2. The number of fused-ring (bicyclic) bond motifs is 1. The summed E-state index contributed by atoms with van der Waals surface area (Å²) >= 11 is 0. The number of rotatable bonds is 8. The van der Waals surface area contributed by atoms with Crippen molar-refractivity contribution in [3.8, 4) is 17.6 Å². The second kappa shape index (κ2) is 12.1. The summed E-state index contributed by atoms with van der Waals surface area (Å²) in [5.41, 5.74) is 0.548. The summed E-state index contributed by atoms with van der Waals surface area (Å²) in [5.74, 6) is 2.70. The molecule has 0 saturated carbocycles. The van der Waals surface area contributed by atoms with Crippen LogP contribution in [-0.4, -0.2) is 53.4 Å². The van der Waals surface area contributed by atoms with E-state index in [2.05, 4.69) is 16.8 Å². The van der Waals surface area contributed by atoms with Crippen molar-refractivity contribution in [2.24, 2.45) is 5.41 Å². The van der Waals surface area contributed by atoms with Crippen molar-refractivity contribution in [2.75, 3.05) is 33.4 Å². The molecule has 1 atom stereocenters. The number of alkyl halides is 1. The molecule has 0 radical (unpaired) electrons. The summed E-state index contributed by atoms with van der Waals surface area (Å²) in [6.07, 6.45) is 2.61. The van der Waals surface area contributed by atoms with Gasteiger partial charge in [0.2, 0.25) is 0 Å². The fourth-order valence-electron chi connectivity index (χ4n) is 5.02. The fourth-order valence-corrected chi connectivity index (χ4v) is 5.02. The number of halogens is 4. The van der Waals surface area contributed by atoms with Gasteiger partial charge >= 0.3 is 0 Å². The number of hydrogen-bond donors (Lipinski definition) is 2. The molecule has 1 aliphatic rings. The van der Waals surface area contributed by atoms with Crippen molar-refractivity contribution in [3.05, 3.63) is 70.7 Å². The van der Waals surface area contributed by atoms with Crippen LogP contribution in [-0.2, 0) is 6.67 Å². The molecule has 202 valence electrons. The van der Waals surface area contributed by atoms with Crippen LogP contribution in [0.25, 0.3) is 10.9 Å². The average molecular weight is 531 g/mol. The van der Waals surface area contributed by atoms with Crippen LogP contribution >= 0.6 is 0 Å². The van der Waals surface area contributed by atoms with Crippen LogP contribution in [0.5, 0.6) is 5.75 Å². The van der Waals surface area contributed by atoms with Crippen molar-refractivity contribution in [1.82, 2.24) is 9.88 Å². The highest BCUT2D eigenvalue weighted by Crippen LogP contribution is 2.39. The minimum Gasteiger partial charge on any atom is -0.497 e. The van der Waals surface area contributed by atoms with Crippen molar-refractivity contribution in [2.45, 2.75) is 38.5 Å². The third-order valence-electron chi connectivity index (χ3n) is 7.40. The molecule has 0 unspecified atom stereocenters. The lowest BCUT2D eigenvalue weighted by Gasteiger charge is -2.40. The minimum absolute atomic E-state index is 0.0634. The van der Waals surface area contributed by atoms with Gasteiger partial charge in [-0.1, -0.05) is 11.8 Å². The van der Waals surface area contributed by atoms with Crippen LogP contribution in [0.4, 0.5) is 17.6 Å². The van der Waals surface area contributed by atoms with Gasteiger partial charge < -0.3 is 14.9 Å². The number of ether oxygens (including phenoxy) is 1. The number of piperidine rings is 1. The topological polar surface area (TPSA) is 65.8 Å². The van der Waals surface area contributed by atoms with Gasteiger partial charge in [-0.15, -0.1) is 0 Å². The van der Waals surface area contributed by atoms with Crippen LogP contribution in [0.3, 0.4) is 0 Å². The molecule has 3 aromatic rings. The quantitative estimate of drug-likeness (QED) is 0.315. The second-order valence-corrected chi connectivity index (χ2v) is 9.75. The summed E-state index contributed by atoms with van der Waals surface area (Å²) in [6.45, 7) is 0.645. The van der Waals surface area contributed by atoms with E-state index in [9.17, 15) is 27.8 Å². The number of aromatic nitrogens is 1.